The average molecular weight is 559 g/mol. The molecule has 6 rings (SSSR count). The molecule has 40 heavy (non-hydrogen) atoms. The number of carbonyl (C=O) groups excluding carboxylic acids is 1. The molecule has 8 nitrogen and oxygen atoms in total. The second-order valence-corrected chi connectivity index (χ2v) is 11.5. The Labute approximate surface area is 237 Å². The van der Waals surface area contributed by atoms with Crippen LogP contribution in [0.3, 0.4) is 0 Å². The van der Waals surface area contributed by atoms with Crippen LogP contribution in [0.1, 0.15) is 61.5 Å². The minimum atomic E-state index is -0.716. The Morgan fingerprint density at radius 2 is 1.88 bits per heavy atom. The number of ether oxygens (including phenoxy) is 1. The zero-order chi connectivity index (χ0) is 28.0. The second-order valence-electron chi connectivity index (χ2n) is 11.1. The number of aromatic nitrogens is 3. The van der Waals surface area contributed by atoms with Gasteiger partial charge < -0.3 is 15.2 Å². The predicted octanol–water partition coefficient (Wildman–Crippen LogP) is 6.13. The second kappa shape index (κ2) is 10.2. The summed E-state index contributed by atoms with van der Waals surface area (Å²) in [5.41, 5.74) is 4.41. The van der Waals surface area contributed by atoms with E-state index in [4.69, 9.17) is 16.3 Å². The lowest BCUT2D eigenvalue weighted by molar-refractivity contribution is -0.155. The van der Waals surface area contributed by atoms with E-state index in [0.717, 1.165) is 34.9 Å². The summed E-state index contributed by atoms with van der Waals surface area (Å²) in [7, 11) is 0. The number of halogens is 1. The molecule has 2 N–H and O–H groups in total. The maximum atomic E-state index is 13.4. The molecule has 206 valence electrons. The first-order valence-corrected chi connectivity index (χ1v) is 14.0. The van der Waals surface area contributed by atoms with E-state index in [1.54, 1.807) is 24.5 Å². The lowest BCUT2D eigenvalue weighted by Crippen LogP contribution is -2.57. The van der Waals surface area contributed by atoms with Crippen LogP contribution in [0, 0.1) is 11.3 Å². The molecule has 0 bridgehead atoms. The number of carboxylic acids is 1. The van der Waals surface area contributed by atoms with Crippen LogP contribution < -0.4 is 10.1 Å². The topological polar surface area (TPSA) is 106 Å². The number of rotatable bonds is 8. The van der Waals surface area contributed by atoms with Crippen molar-refractivity contribution in [3.8, 4) is 17.0 Å². The molecular formula is C31H31ClN4O4. The van der Waals surface area contributed by atoms with E-state index in [2.05, 4.69) is 46.6 Å². The summed E-state index contributed by atoms with van der Waals surface area (Å²) in [6, 6.07) is 15.5. The number of carboxylic acid groups (broad SMARTS) is 1. The molecule has 2 aromatic heterocycles. The van der Waals surface area contributed by atoms with Gasteiger partial charge in [-0.2, -0.15) is 5.10 Å². The van der Waals surface area contributed by atoms with Crippen LogP contribution in [-0.2, 0) is 4.79 Å². The predicted molar refractivity (Wildman–Crippen MR) is 153 cm³/mol. The van der Waals surface area contributed by atoms with Gasteiger partial charge in [0.05, 0.1) is 40.9 Å². The molecule has 2 fully saturated rings. The van der Waals surface area contributed by atoms with Crippen molar-refractivity contribution in [1.29, 1.82) is 0 Å². The van der Waals surface area contributed by atoms with Gasteiger partial charge in [-0.3, -0.25) is 14.3 Å². The molecular weight excluding hydrogens is 528 g/mol. The number of carbonyl (C=O) groups is 2. The third-order valence-corrected chi connectivity index (χ3v) is 8.80. The first kappa shape index (κ1) is 26.3. The number of pyridine rings is 1. The average Bonchev–Trinajstić information content (AvgIpc) is 3.35. The van der Waals surface area contributed by atoms with Crippen molar-refractivity contribution in [1.82, 2.24) is 20.1 Å². The minimum Gasteiger partial charge on any atom is -0.481 e. The smallest absolute Gasteiger partial charge is 0.306 e. The molecule has 2 heterocycles. The fraction of sp³-hybridized carbons (Fsp3) is 0.355. The van der Waals surface area contributed by atoms with Crippen molar-refractivity contribution < 1.29 is 19.4 Å². The van der Waals surface area contributed by atoms with Crippen LogP contribution in [0.15, 0.2) is 60.9 Å². The fourth-order valence-electron chi connectivity index (χ4n) is 6.36. The first-order chi connectivity index (χ1) is 19.3. The van der Waals surface area contributed by atoms with Crippen molar-refractivity contribution in [2.24, 2.45) is 11.3 Å². The van der Waals surface area contributed by atoms with Crippen LogP contribution in [0.4, 0.5) is 0 Å². The largest absolute Gasteiger partial charge is 0.481 e. The number of amides is 1. The van der Waals surface area contributed by atoms with Gasteiger partial charge in [0.1, 0.15) is 0 Å². The Kier molecular flexibility index (Phi) is 6.74. The third-order valence-electron chi connectivity index (χ3n) is 8.47. The monoisotopic (exact) mass is 558 g/mol. The molecule has 2 aliphatic rings. The van der Waals surface area contributed by atoms with E-state index in [1.165, 1.54) is 0 Å². The number of aliphatic carboxylic acids is 1. The van der Waals surface area contributed by atoms with Crippen molar-refractivity contribution in [3.63, 3.8) is 0 Å². The highest BCUT2D eigenvalue weighted by molar-refractivity contribution is 6.36. The maximum absolute atomic E-state index is 13.4. The standard InChI is InChI=1S/C31H31ClN4O4/c1-3-40-27-12-21(10-11-33-27)20-6-4-19(5-7-20)18(2)36-28-24(8-9-26(32)25(28)17-34-36)29(37)35-23-15-31(16-23)13-22(14-31)30(38)39/h4-12,17-18,22-23H,3,13-16H2,1-2H3,(H,35,37)(H,38,39). The number of hydrogen-bond donors (Lipinski definition) is 2. The maximum Gasteiger partial charge on any atom is 0.306 e. The van der Waals surface area contributed by atoms with E-state index in [9.17, 15) is 14.7 Å². The van der Waals surface area contributed by atoms with Gasteiger partial charge in [-0.15, -0.1) is 0 Å². The van der Waals surface area contributed by atoms with E-state index in [-0.39, 0.29) is 29.3 Å². The van der Waals surface area contributed by atoms with E-state index in [0.29, 0.717) is 41.4 Å². The summed E-state index contributed by atoms with van der Waals surface area (Å²) >= 11 is 6.52. The van der Waals surface area contributed by atoms with Gasteiger partial charge in [0.25, 0.3) is 5.91 Å². The Bertz CT molecular complexity index is 1580. The van der Waals surface area contributed by atoms with Crippen LogP contribution in [0.25, 0.3) is 22.0 Å². The lowest BCUT2D eigenvalue weighted by atomic mass is 9.50. The summed E-state index contributed by atoms with van der Waals surface area (Å²) in [4.78, 5) is 28.9. The molecule has 2 saturated carbocycles. The number of hydrogen-bond acceptors (Lipinski definition) is 5. The third kappa shape index (κ3) is 4.70. The van der Waals surface area contributed by atoms with Crippen LogP contribution in [0.5, 0.6) is 5.88 Å². The van der Waals surface area contributed by atoms with Gasteiger partial charge in [-0.05, 0) is 79.8 Å². The molecule has 1 unspecified atom stereocenters. The van der Waals surface area contributed by atoms with Crippen LogP contribution in [-0.4, -0.2) is 44.4 Å². The van der Waals surface area contributed by atoms with E-state index >= 15 is 0 Å². The first-order valence-electron chi connectivity index (χ1n) is 13.7. The molecule has 9 heteroatoms. The zero-order valence-corrected chi connectivity index (χ0v) is 23.2. The summed E-state index contributed by atoms with van der Waals surface area (Å²) in [5.74, 6) is -0.526. The van der Waals surface area contributed by atoms with Crippen molar-refractivity contribution in [2.45, 2.75) is 51.6 Å². The molecule has 0 radical (unpaired) electrons. The summed E-state index contributed by atoms with van der Waals surface area (Å²) in [6.07, 6.45) is 6.51. The van der Waals surface area contributed by atoms with E-state index < -0.39 is 5.97 Å². The summed E-state index contributed by atoms with van der Waals surface area (Å²) in [6.45, 7) is 4.54. The number of benzene rings is 2. The molecule has 1 spiro atoms. The Hall–Kier alpha value is -3.91. The van der Waals surface area contributed by atoms with Gasteiger partial charge in [-0.25, -0.2) is 4.98 Å². The molecule has 2 aromatic carbocycles. The summed E-state index contributed by atoms with van der Waals surface area (Å²) in [5, 5.41) is 18.3. The number of fused-ring (bicyclic) bond motifs is 1. The van der Waals surface area contributed by atoms with Crippen molar-refractivity contribution >= 4 is 34.4 Å². The van der Waals surface area contributed by atoms with Gasteiger partial charge >= 0.3 is 5.97 Å². The van der Waals surface area contributed by atoms with E-state index in [1.807, 2.05) is 23.7 Å². The molecule has 2 aliphatic carbocycles. The molecule has 1 amide bonds. The van der Waals surface area contributed by atoms with Gasteiger partial charge in [0.15, 0.2) is 0 Å². The minimum absolute atomic E-state index is 0.0470. The molecule has 0 aliphatic heterocycles. The molecule has 4 aromatic rings. The Morgan fingerprint density at radius 3 is 2.58 bits per heavy atom. The fourth-order valence-corrected chi connectivity index (χ4v) is 6.56. The summed E-state index contributed by atoms with van der Waals surface area (Å²) < 4.78 is 7.40. The van der Waals surface area contributed by atoms with Gasteiger partial charge in [0, 0.05) is 23.7 Å². The highest BCUT2D eigenvalue weighted by atomic mass is 35.5. The normalized spacial score (nSPS) is 22.4. The zero-order valence-electron chi connectivity index (χ0n) is 22.4. The quantitative estimate of drug-likeness (QED) is 0.269. The Balaban J connectivity index is 1.21. The number of nitrogens with one attached hydrogen (secondary N) is 1. The van der Waals surface area contributed by atoms with Crippen LogP contribution >= 0.6 is 11.6 Å². The Morgan fingerprint density at radius 1 is 1.12 bits per heavy atom. The highest BCUT2D eigenvalue weighted by Gasteiger charge is 2.55. The molecule has 1 atom stereocenters. The van der Waals surface area contributed by atoms with Crippen molar-refractivity contribution in [3.05, 3.63) is 77.1 Å². The van der Waals surface area contributed by atoms with Crippen molar-refractivity contribution in [2.75, 3.05) is 6.61 Å². The number of nitrogens with zero attached hydrogens (tertiary/aromatic N) is 3. The highest BCUT2D eigenvalue weighted by Crippen LogP contribution is 2.58. The van der Waals surface area contributed by atoms with Crippen LogP contribution in [0.2, 0.25) is 5.02 Å². The lowest BCUT2D eigenvalue weighted by Gasteiger charge is -2.56. The SMILES string of the molecule is CCOc1cc(-c2ccc(C(C)n3ncc4c(Cl)ccc(C(=O)NC5CC6(C5)CC(C(=O)O)C6)c43)cc2)ccn1. The molecule has 0 saturated heterocycles. The van der Waals surface area contributed by atoms with Gasteiger partial charge in [0.2, 0.25) is 5.88 Å². The van der Waals surface area contributed by atoms with Gasteiger partial charge in [-0.1, -0.05) is 35.9 Å².